The lowest BCUT2D eigenvalue weighted by atomic mass is 10.1. The number of aromatic nitrogens is 1. The molecule has 1 heterocycles. The number of aryl methyl sites for hydroxylation is 1. The van der Waals surface area contributed by atoms with Gasteiger partial charge in [0.2, 0.25) is 0 Å². The quantitative estimate of drug-likeness (QED) is 0.780. The van der Waals surface area contributed by atoms with Gasteiger partial charge >= 0.3 is 0 Å². The Kier molecular flexibility index (Phi) is 6.85. The van der Waals surface area contributed by atoms with Crippen LogP contribution in [0.3, 0.4) is 0 Å². The summed E-state index contributed by atoms with van der Waals surface area (Å²) < 4.78 is 0. The maximum Gasteiger partial charge on any atom is 0.128 e. The molecule has 0 radical (unpaired) electrons. The van der Waals surface area contributed by atoms with Gasteiger partial charge in [-0.1, -0.05) is 27.7 Å². The molecule has 0 fully saturated rings. The van der Waals surface area contributed by atoms with Crippen LogP contribution in [-0.4, -0.2) is 25.1 Å². The Morgan fingerprint density at radius 3 is 2.58 bits per heavy atom. The fraction of sp³-hybridized carbons (Fsp3) is 0.688. The second-order valence-corrected chi connectivity index (χ2v) is 5.62. The molecule has 108 valence electrons. The van der Waals surface area contributed by atoms with Crippen LogP contribution in [0.25, 0.3) is 0 Å². The monoisotopic (exact) mass is 263 g/mol. The van der Waals surface area contributed by atoms with Crippen molar-refractivity contribution in [1.82, 2.24) is 10.3 Å². The number of nitrogens with one attached hydrogen (secondary N) is 1. The van der Waals surface area contributed by atoms with E-state index in [0.717, 1.165) is 38.3 Å². The Morgan fingerprint density at radius 2 is 2.00 bits per heavy atom. The Labute approximate surface area is 118 Å². The predicted octanol–water partition coefficient (Wildman–Crippen LogP) is 3.24. The van der Waals surface area contributed by atoms with E-state index in [2.05, 4.69) is 57.1 Å². The van der Waals surface area contributed by atoms with Gasteiger partial charge in [0.05, 0.1) is 0 Å². The molecule has 0 aromatic carbocycles. The molecule has 0 aliphatic heterocycles. The van der Waals surface area contributed by atoms with Gasteiger partial charge < -0.3 is 10.2 Å². The van der Waals surface area contributed by atoms with Crippen molar-refractivity contribution < 1.29 is 0 Å². The van der Waals surface area contributed by atoms with E-state index in [1.807, 2.05) is 0 Å². The molecular formula is C16H29N3. The largest absolute Gasteiger partial charge is 0.360 e. The molecule has 0 unspecified atom stereocenters. The van der Waals surface area contributed by atoms with E-state index >= 15 is 0 Å². The number of nitrogens with zero attached hydrogens (tertiary/aromatic N) is 2. The van der Waals surface area contributed by atoms with E-state index in [1.54, 1.807) is 0 Å². The minimum absolute atomic E-state index is 0.690. The summed E-state index contributed by atoms with van der Waals surface area (Å²) in [5, 5.41) is 3.50. The number of anilines is 1. The van der Waals surface area contributed by atoms with Gasteiger partial charge in [0.15, 0.2) is 0 Å². The molecule has 0 saturated carbocycles. The van der Waals surface area contributed by atoms with Gasteiger partial charge in [-0.25, -0.2) is 4.98 Å². The molecule has 3 nitrogen and oxygen atoms in total. The number of rotatable bonds is 8. The lowest BCUT2D eigenvalue weighted by Crippen LogP contribution is -2.22. The topological polar surface area (TPSA) is 28.2 Å². The molecular weight excluding hydrogens is 234 g/mol. The molecule has 0 bridgehead atoms. The summed E-state index contributed by atoms with van der Waals surface area (Å²) >= 11 is 0. The summed E-state index contributed by atoms with van der Waals surface area (Å²) in [5.74, 6) is 1.79. The summed E-state index contributed by atoms with van der Waals surface area (Å²) in [6, 6.07) is 4.43. The number of pyridine rings is 1. The minimum Gasteiger partial charge on any atom is -0.360 e. The molecule has 1 aromatic rings. The fourth-order valence-corrected chi connectivity index (χ4v) is 2.07. The Morgan fingerprint density at radius 1 is 1.26 bits per heavy atom. The SMILES string of the molecule is CCCN(C)c1cc(CNCC(C)C)cc(CC)n1. The zero-order chi connectivity index (χ0) is 14.3. The van der Waals surface area contributed by atoms with Crippen LogP contribution in [0, 0.1) is 5.92 Å². The summed E-state index contributed by atoms with van der Waals surface area (Å²) in [6.45, 7) is 11.9. The van der Waals surface area contributed by atoms with Gasteiger partial charge in [-0.2, -0.15) is 0 Å². The van der Waals surface area contributed by atoms with Crippen LogP contribution in [0.15, 0.2) is 12.1 Å². The summed E-state index contributed by atoms with van der Waals surface area (Å²) in [6.07, 6.45) is 2.14. The van der Waals surface area contributed by atoms with Gasteiger partial charge in [0.25, 0.3) is 0 Å². The van der Waals surface area contributed by atoms with Crippen LogP contribution < -0.4 is 10.2 Å². The van der Waals surface area contributed by atoms with E-state index in [1.165, 1.54) is 11.3 Å². The first-order valence-corrected chi connectivity index (χ1v) is 7.48. The summed E-state index contributed by atoms with van der Waals surface area (Å²) in [4.78, 5) is 6.95. The zero-order valence-corrected chi connectivity index (χ0v) is 13.2. The van der Waals surface area contributed by atoms with Crippen molar-refractivity contribution in [2.45, 2.75) is 47.1 Å². The van der Waals surface area contributed by atoms with Gasteiger partial charge in [-0.05, 0) is 43.0 Å². The number of hydrogen-bond acceptors (Lipinski definition) is 3. The highest BCUT2D eigenvalue weighted by Crippen LogP contribution is 2.15. The molecule has 19 heavy (non-hydrogen) atoms. The van der Waals surface area contributed by atoms with Crippen molar-refractivity contribution in [2.75, 3.05) is 25.0 Å². The first kappa shape index (κ1) is 16.0. The van der Waals surface area contributed by atoms with E-state index in [4.69, 9.17) is 4.98 Å². The third-order valence-electron chi connectivity index (χ3n) is 3.12. The molecule has 1 N–H and O–H groups in total. The van der Waals surface area contributed by atoms with Crippen molar-refractivity contribution >= 4 is 5.82 Å². The molecule has 0 spiro atoms. The molecule has 0 atom stereocenters. The molecule has 3 heteroatoms. The predicted molar refractivity (Wildman–Crippen MR) is 83.7 cm³/mol. The van der Waals surface area contributed by atoms with E-state index in [9.17, 15) is 0 Å². The molecule has 0 aliphatic carbocycles. The van der Waals surface area contributed by atoms with Gasteiger partial charge in [-0.15, -0.1) is 0 Å². The van der Waals surface area contributed by atoms with E-state index in [-0.39, 0.29) is 0 Å². The Hall–Kier alpha value is -1.09. The molecule has 0 aliphatic rings. The van der Waals surface area contributed by atoms with Crippen molar-refractivity contribution in [1.29, 1.82) is 0 Å². The number of hydrogen-bond donors (Lipinski definition) is 1. The second kappa shape index (κ2) is 8.16. The molecule has 1 aromatic heterocycles. The highest BCUT2D eigenvalue weighted by molar-refractivity contribution is 5.42. The van der Waals surface area contributed by atoms with Crippen molar-refractivity contribution in [3.63, 3.8) is 0 Å². The van der Waals surface area contributed by atoms with Crippen LogP contribution in [0.4, 0.5) is 5.82 Å². The van der Waals surface area contributed by atoms with Crippen LogP contribution in [0.5, 0.6) is 0 Å². The van der Waals surface area contributed by atoms with Crippen LogP contribution in [0.1, 0.15) is 45.4 Å². The fourth-order valence-electron chi connectivity index (χ4n) is 2.07. The average molecular weight is 263 g/mol. The van der Waals surface area contributed by atoms with Crippen molar-refractivity contribution in [3.05, 3.63) is 23.4 Å². The molecule has 0 amide bonds. The van der Waals surface area contributed by atoms with Crippen molar-refractivity contribution in [2.24, 2.45) is 5.92 Å². The molecule has 0 saturated heterocycles. The first-order chi connectivity index (χ1) is 9.06. The summed E-state index contributed by atoms with van der Waals surface area (Å²) in [5.41, 5.74) is 2.52. The zero-order valence-electron chi connectivity index (χ0n) is 13.2. The third-order valence-corrected chi connectivity index (χ3v) is 3.12. The second-order valence-electron chi connectivity index (χ2n) is 5.62. The van der Waals surface area contributed by atoms with Crippen LogP contribution >= 0.6 is 0 Å². The molecule has 1 rings (SSSR count). The highest BCUT2D eigenvalue weighted by atomic mass is 15.2. The highest BCUT2D eigenvalue weighted by Gasteiger charge is 2.06. The maximum absolute atomic E-state index is 4.71. The van der Waals surface area contributed by atoms with Crippen molar-refractivity contribution in [3.8, 4) is 0 Å². The van der Waals surface area contributed by atoms with Gasteiger partial charge in [-0.3, -0.25) is 0 Å². The smallest absolute Gasteiger partial charge is 0.128 e. The van der Waals surface area contributed by atoms with Crippen LogP contribution in [0.2, 0.25) is 0 Å². The maximum atomic E-state index is 4.71. The van der Waals surface area contributed by atoms with E-state index < -0.39 is 0 Å². The standard InChI is InChI=1S/C16H29N3/c1-6-8-19(5)16-10-14(9-15(7-2)18-16)12-17-11-13(3)4/h9-10,13,17H,6-8,11-12H2,1-5H3. The summed E-state index contributed by atoms with van der Waals surface area (Å²) in [7, 11) is 2.12. The van der Waals surface area contributed by atoms with E-state index in [0.29, 0.717) is 5.92 Å². The Balaban J connectivity index is 2.77. The van der Waals surface area contributed by atoms with Gasteiger partial charge in [0, 0.05) is 25.8 Å². The Bertz CT molecular complexity index is 374. The normalized spacial score (nSPS) is 11.1. The minimum atomic E-state index is 0.690. The lowest BCUT2D eigenvalue weighted by Gasteiger charge is -2.19. The lowest BCUT2D eigenvalue weighted by molar-refractivity contribution is 0.552. The average Bonchev–Trinajstić information content (AvgIpc) is 2.38. The first-order valence-electron chi connectivity index (χ1n) is 7.48. The van der Waals surface area contributed by atoms with Crippen LogP contribution in [-0.2, 0) is 13.0 Å². The van der Waals surface area contributed by atoms with Gasteiger partial charge in [0.1, 0.15) is 5.82 Å². The third kappa shape index (κ3) is 5.60.